The van der Waals surface area contributed by atoms with Gasteiger partial charge in [0.2, 0.25) is 0 Å². The van der Waals surface area contributed by atoms with E-state index in [-0.39, 0.29) is 11.3 Å². The van der Waals surface area contributed by atoms with Gasteiger partial charge in [0.25, 0.3) is 0 Å². The van der Waals surface area contributed by atoms with Crippen LogP contribution < -0.4 is 4.90 Å². The fourth-order valence-electron chi connectivity index (χ4n) is 5.27. The van der Waals surface area contributed by atoms with Gasteiger partial charge >= 0.3 is 0 Å². The van der Waals surface area contributed by atoms with Gasteiger partial charge in [0.05, 0.1) is 16.5 Å². The van der Waals surface area contributed by atoms with E-state index >= 15 is 0 Å². The monoisotopic (exact) mass is 394 g/mol. The van der Waals surface area contributed by atoms with E-state index in [1.165, 1.54) is 0 Å². The first-order chi connectivity index (χ1) is 13.4. The van der Waals surface area contributed by atoms with E-state index in [0.29, 0.717) is 0 Å². The van der Waals surface area contributed by atoms with Crippen molar-refractivity contribution in [3.05, 3.63) is 59.7 Å². The molecule has 1 fully saturated rings. The van der Waals surface area contributed by atoms with E-state index in [1.54, 1.807) is 12.1 Å². The number of aryl methyl sites for hydroxylation is 1. The molecule has 5 heteroatoms. The molecule has 146 valence electrons. The van der Waals surface area contributed by atoms with Crippen molar-refractivity contribution in [1.29, 1.82) is 5.26 Å². The molecule has 0 aromatic heterocycles. The molecule has 0 amide bonds. The van der Waals surface area contributed by atoms with Crippen molar-refractivity contribution in [3.8, 4) is 6.07 Å². The highest BCUT2D eigenvalue weighted by Gasteiger charge is 2.65. The number of benzene rings is 2. The average molecular weight is 395 g/mol. The molecule has 1 atom stereocenters. The van der Waals surface area contributed by atoms with Crippen LogP contribution in [0.15, 0.2) is 53.4 Å². The van der Waals surface area contributed by atoms with Crippen LogP contribution in [0.4, 0.5) is 5.69 Å². The number of anilines is 1. The van der Waals surface area contributed by atoms with Crippen molar-refractivity contribution in [3.63, 3.8) is 0 Å². The minimum atomic E-state index is -3.88. The zero-order chi connectivity index (χ0) is 20.0. The minimum absolute atomic E-state index is 0.236. The normalized spacial score (nSPS) is 23.8. The summed E-state index contributed by atoms with van der Waals surface area (Å²) in [6.45, 7) is 1.93. The van der Waals surface area contributed by atoms with Crippen LogP contribution >= 0.6 is 0 Å². The quantitative estimate of drug-likeness (QED) is 0.756. The molecule has 0 N–H and O–H groups in total. The maximum atomic E-state index is 14.0. The van der Waals surface area contributed by atoms with E-state index in [0.717, 1.165) is 48.9 Å². The fourth-order valence-corrected chi connectivity index (χ4v) is 7.47. The lowest BCUT2D eigenvalue weighted by molar-refractivity contribution is 0.226. The van der Waals surface area contributed by atoms with Crippen LogP contribution in [0.1, 0.15) is 43.2 Å². The fraction of sp³-hybridized carbons (Fsp3) is 0.435. The number of hydrogen-bond donors (Lipinski definition) is 0. The van der Waals surface area contributed by atoms with E-state index < -0.39 is 20.1 Å². The summed E-state index contributed by atoms with van der Waals surface area (Å²) in [5.41, 5.74) is 2.27. The maximum absolute atomic E-state index is 14.0. The third kappa shape index (κ3) is 2.44. The van der Waals surface area contributed by atoms with Crippen molar-refractivity contribution < 1.29 is 8.42 Å². The molecule has 1 aliphatic heterocycles. The van der Waals surface area contributed by atoms with Crippen LogP contribution in [0, 0.1) is 18.3 Å². The summed E-state index contributed by atoms with van der Waals surface area (Å²) in [6, 6.07) is 17.2. The second-order valence-corrected chi connectivity index (χ2v) is 10.4. The van der Waals surface area contributed by atoms with Crippen LogP contribution in [0.2, 0.25) is 0 Å². The topological polar surface area (TPSA) is 61.2 Å². The molecule has 4 nitrogen and oxygen atoms in total. The Morgan fingerprint density at radius 2 is 1.64 bits per heavy atom. The molecule has 2 aliphatic rings. The summed E-state index contributed by atoms with van der Waals surface area (Å²) in [5.74, 6) is 0. The summed E-state index contributed by atoms with van der Waals surface area (Å²) in [4.78, 5) is 2.36. The van der Waals surface area contributed by atoms with Gasteiger partial charge in [0.15, 0.2) is 14.6 Å². The van der Waals surface area contributed by atoms with Gasteiger partial charge in [0, 0.05) is 19.2 Å². The van der Waals surface area contributed by atoms with E-state index in [1.807, 2.05) is 50.4 Å². The standard InChI is InChI=1S/C23H26N2O2S/c1-18-10-12-20(13-11-18)28(26,27)23(17-24)16-19-8-4-5-9-21(19)25(2)22(23)14-6-3-7-15-22/h4-5,8-13H,3,6-7,14-16H2,1-2H3. The van der Waals surface area contributed by atoms with Crippen molar-refractivity contribution in [2.45, 2.75) is 60.6 Å². The Kier molecular flexibility index (Phi) is 4.50. The van der Waals surface area contributed by atoms with Crippen LogP contribution in [0.3, 0.4) is 0 Å². The lowest BCUT2D eigenvalue weighted by Gasteiger charge is -2.57. The van der Waals surface area contributed by atoms with Gasteiger partial charge < -0.3 is 4.90 Å². The highest BCUT2D eigenvalue weighted by Crippen LogP contribution is 2.53. The Hall–Kier alpha value is -2.32. The van der Waals surface area contributed by atoms with Gasteiger partial charge in [-0.3, -0.25) is 0 Å². The van der Waals surface area contributed by atoms with Crippen LogP contribution in [0.5, 0.6) is 0 Å². The largest absolute Gasteiger partial charge is 0.366 e. The molecule has 28 heavy (non-hydrogen) atoms. The molecule has 0 radical (unpaired) electrons. The maximum Gasteiger partial charge on any atom is 0.200 e. The molecular weight excluding hydrogens is 368 g/mol. The first kappa shape index (κ1) is 19.0. The van der Waals surface area contributed by atoms with Crippen molar-refractivity contribution in [2.75, 3.05) is 11.9 Å². The molecular formula is C23H26N2O2S. The zero-order valence-electron chi connectivity index (χ0n) is 16.5. The summed E-state index contributed by atoms with van der Waals surface area (Å²) in [6.07, 6.45) is 4.65. The summed E-state index contributed by atoms with van der Waals surface area (Å²) in [5, 5.41) is 10.5. The molecule has 1 heterocycles. The van der Waals surface area contributed by atoms with Gasteiger partial charge in [-0.15, -0.1) is 0 Å². The van der Waals surface area contributed by atoms with Gasteiger partial charge in [0.1, 0.15) is 0 Å². The number of nitriles is 1. The third-order valence-corrected chi connectivity index (χ3v) is 9.26. The molecule has 1 aliphatic carbocycles. The first-order valence-electron chi connectivity index (χ1n) is 9.92. The number of sulfone groups is 1. The number of hydrogen-bond acceptors (Lipinski definition) is 4. The SMILES string of the molecule is Cc1ccc(S(=O)(=O)C2(C#N)Cc3ccccc3N(C)C23CCCCC3)cc1. The summed E-state index contributed by atoms with van der Waals surface area (Å²) >= 11 is 0. The number of para-hydroxylation sites is 1. The van der Waals surface area contributed by atoms with Crippen molar-refractivity contribution in [2.24, 2.45) is 0 Å². The first-order valence-corrected chi connectivity index (χ1v) is 11.4. The number of nitrogens with zero attached hydrogens (tertiary/aromatic N) is 2. The Bertz CT molecular complexity index is 1030. The number of rotatable bonds is 2. The molecule has 2 aromatic rings. The van der Waals surface area contributed by atoms with E-state index in [4.69, 9.17) is 0 Å². The molecule has 1 unspecified atom stereocenters. The van der Waals surface area contributed by atoms with Crippen molar-refractivity contribution in [1.82, 2.24) is 0 Å². The molecule has 1 spiro atoms. The lowest BCUT2D eigenvalue weighted by Crippen LogP contribution is -2.70. The van der Waals surface area contributed by atoms with Gasteiger partial charge in [-0.2, -0.15) is 5.26 Å². The molecule has 2 aromatic carbocycles. The number of fused-ring (bicyclic) bond motifs is 1. The second-order valence-electron chi connectivity index (χ2n) is 8.21. The van der Waals surface area contributed by atoms with Gasteiger partial charge in [-0.05, 0) is 43.5 Å². The second kappa shape index (κ2) is 6.63. The predicted octanol–water partition coefficient (Wildman–Crippen LogP) is 4.43. The highest BCUT2D eigenvalue weighted by molar-refractivity contribution is 7.93. The highest BCUT2D eigenvalue weighted by atomic mass is 32.2. The Labute approximate surface area is 167 Å². The summed E-state index contributed by atoms with van der Waals surface area (Å²) in [7, 11) is -1.90. The van der Waals surface area contributed by atoms with Crippen LogP contribution in [0.25, 0.3) is 0 Å². The predicted molar refractivity (Wildman–Crippen MR) is 111 cm³/mol. The smallest absolute Gasteiger partial charge is 0.200 e. The average Bonchev–Trinajstić information content (AvgIpc) is 2.72. The Morgan fingerprint density at radius 3 is 2.29 bits per heavy atom. The lowest BCUT2D eigenvalue weighted by atomic mass is 9.67. The molecule has 0 saturated heterocycles. The Balaban J connectivity index is 1.99. The molecule has 0 bridgehead atoms. The minimum Gasteiger partial charge on any atom is -0.366 e. The molecule has 4 rings (SSSR count). The zero-order valence-corrected chi connectivity index (χ0v) is 17.3. The van der Waals surface area contributed by atoms with Gasteiger partial charge in [-0.1, -0.05) is 55.2 Å². The van der Waals surface area contributed by atoms with Crippen LogP contribution in [-0.2, 0) is 16.3 Å². The van der Waals surface area contributed by atoms with Gasteiger partial charge in [-0.25, -0.2) is 8.42 Å². The van der Waals surface area contributed by atoms with E-state index in [9.17, 15) is 13.7 Å². The molecule has 1 saturated carbocycles. The third-order valence-electron chi connectivity index (χ3n) is 6.84. The van der Waals surface area contributed by atoms with E-state index in [2.05, 4.69) is 11.0 Å². The Morgan fingerprint density at radius 1 is 1.00 bits per heavy atom. The summed E-state index contributed by atoms with van der Waals surface area (Å²) < 4.78 is 26.6. The van der Waals surface area contributed by atoms with Crippen molar-refractivity contribution >= 4 is 15.5 Å². The van der Waals surface area contributed by atoms with Crippen LogP contribution in [-0.4, -0.2) is 25.8 Å².